The number of carbonyl (C=O) groups excluding carboxylic acids is 2. The van der Waals surface area contributed by atoms with Gasteiger partial charge in [-0.2, -0.15) is 0 Å². The van der Waals surface area contributed by atoms with E-state index in [-0.39, 0.29) is 11.8 Å². The number of hydrogen-bond donors (Lipinski definition) is 2. The van der Waals surface area contributed by atoms with E-state index in [1.54, 1.807) is 24.3 Å². The zero-order chi connectivity index (χ0) is 18.5. The third kappa shape index (κ3) is 4.07. The second kappa shape index (κ2) is 7.80. The predicted octanol–water partition coefficient (Wildman–Crippen LogP) is 3.73. The highest BCUT2D eigenvalue weighted by Crippen LogP contribution is 2.18. The summed E-state index contributed by atoms with van der Waals surface area (Å²) in [6.45, 7) is 2.10. The lowest BCUT2D eigenvalue weighted by molar-refractivity contribution is 0.0809. The van der Waals surface area contributed by atoms with E-state index >= 15 is 0 Å². The van der Waals surface area contributed by atoms with Gasteiger partial charge in [0.1, 0.15) is 0 Å². The molecule has 2 aromatic rings. The smallest absolute Gasteiger partial charge is 0.272 e. The maximum absolute atomic E-state index is 12.5. The second-order valence-electron chi connectivity index (χ2n) is 6.27. The molecule has 0 aromatic heterocycles. The fourth-order valence-corrected chi connectivity index (χ4v) is 2.64. The van der Waals surface area contributed by atoms with Gasteiger partial charge in [-0.25, -0.2) is 10.9 Å². The van der Waals surface area contributed by atoms with Crippen molar-refractivity contribution in [2.24, 2.45) is 11.8 Å². The quantitative estimate of drug-likeness (QED) is 0.503. The Morgan fingerprint density at radius 2 is 1.69 bits per heavy atom. The van der Waals surface area contributed by atoms with Gasteiger partial charge in [-0.05, 0) is 54.8 Å². The van der Waals surface area contributed by atoms with Crippen LogP contribution in [0.15, 0.2) is 78.5 Å². The van der Waals surface area contributed by atoms with Gasteiger partial charge in [0.2, 0.25) is 0 Å². The van der Waals surface area contributed by atoms with Gasteiger partial charge in [-0.3, -0.25) is 9.59 Å². The molecule has 0 radical (unpaired) electrons. The van der Waals surface area contributed by atoms with Crippen LogP contribution in [-0.2, 0) is 0 Å². The minimum atomic E-state index is -0.314. The number of hydrogen-bond acceptors (Lipinski definition) is 3. The van der Waals surface area contributed by atoms with E-state index in [4.69, 9.17) is 5.84 Å². The van der Waals surface area contributed by atoms with Crippen molar-refractivity contribution in [3.63, 3.8) is 0 Å². The second-order valence-corrected chi connectivity index (χ2v) is 6.27. The molecule has 3 N–H and O–H groups in total. The molecule has 26 heavy (non-hydrogen) atoms. The van der Waals surface area contributed by atoms with Crippen LogP contribution in [0.25, 0.3) is 0 Å². The largest absolute Gasteiger partial charge is 0.322 e. The van der Waals surface area contributed by atoms with Gasteiger partial charge in [-0.1, -0.05) is 37.3 Å². The lowest BCUT2D eigenvalue weighted by Gasteiger charge is -2.21. The molecule has 0 aliphatic heterocycles. The Bertz CT molecular complexity index is 855. The normalized spacial score (nSPS) is 15.9. The van der Waals surface area contributed by atoms with E-state index in [0.29, 0.717) is 22.7 Å². The van der Waals surface area contributed by atoms with Gasteiger partial charge >= 0.3 is 0 Å². The van der Waals surface area contributed by atoms with Crippen LogP contribution in [0.5, 0.6) is 0 Å². The van der Waals surface area contributed by atoms with Crippen molar-refractivity contribution in [3.05, 3.63) is 89.6 Å². The SMILES string of the molecule is CC1C=CC(N(N)C(=O)c2ccc(C(=O)Nc3ccccc3)cc2)=CC1. The average Bonchev–Trinajstić information content (AvgIpc) is 2.68. The van der Waals surface area contributed by atoms with Crippen molar-refractivity contribution in [2.75, 3.05) is 5.32 Å². The van der Waals surface area contributed by atoms with Gasteiger partial charge in [0.15, 0.2) is 0 Å². The van der Waals surface area contributed by atoms with Gasteiger partial charge in [0, 0.05) is 16.8 Å². The third-order valence-electron chi connectivity index (χ3n) is 4.22. The Kier molecular flexibility index (Phi) is 5.29. The molecule has 132 valence electrons. The molecule has 1 aliphatic rings. The molecule has 0 spiro atoms. The van der Waals surface area contributed by atoms with Crippen LogP contribution >= 0.6 is 0 Å². The number of anilines is 1. The summed E-state index contributed by atoms with van der Waals surface area (Å²) in [5.41, 5.74) is 2.30. The topological polar surface area (TPSA) is 75.4 Å². The Morgan fingerprint density at radius 1 is 1.04 bits per heavy atom. The first-order chi connectivity index (χ1) is 12.5. The summed E-state index contributed by atoms with van der Waals surface area (Å²) in [7, 11) is 0. The molecule has 2 aromatic carbocycles. The van der Waals surface area contributed by atoms with E-state index in [1.807, 2.05) is 48.6 Å². The Labute approximate surface area is 152 Å². The minimum Gasteiger partial charge on any atom is -0.322 e. The minimum absolute atomic E-state index is 0.230. The number of para-hydroxylation sites is 1. The number of hydrazine groups is 1. The fraction of sp³-hybridized carbons (Fsp3) is 0.143. The first kappa shape index (κ1) is 17.6. The van der Waals surface area contributed by atoms with E-state index in [9.17, 15) is 9.59 Å². The number of nitrogens with one attached hydrogen (secondary N) is 1. The fourth-order valence-electron chi connectivity index (χ4n) is 2.64. The van der Waals surface area contributed by atoms with E-state index in [1.165, 1.54) is 0 Å². The maximum atomic E-state index is 12.5. The number of allylic oxidation sites excluding steroid dienone is 3. The van der Waals surface area contributed by atoms with Crippen LogP contribution in [-0.4, -0.2) is 16.8 Å². The van der Waals surface area contributed by atoms with Gasteiger partial charge in [0.25, 0.3) is 11.8 Å². The van der Waals surface area contributed by atoms with Crippen LogP contribution < -0.4 is 11.2 Å². The lowest BCUT2D eigenvalue weighted by Crippen LogP contribution is -2.36. The summed E-state index contributed by atoms with van der Waals surface area (Å²) < 4.78 is 0. The average molecular weight is 347 g/mol. The standard InChI is InChI=1S/C21H21N3O2/c1-15-7-13-19(14-8-15)24(22)21(26)17-11-9-16(10-12-17)20(25)23-18-5-3-2-4-6-18/h2-7,9-15H,8,22H2,1H3,(H,23,25). The molecule has 1 atom stereocenters. The van der Waals surface area contributed by atoms with Gasteiger partial charge in [0.05, 0.1) is 5.70 Å². The molecule has 0 bridgehead atoms. The van der Waals surface area contributed by atoms with Crippen LogP contribution in [0.4, 0.5) is 5.69 Å². The number of carbonyl (C=O) groups is 2. The van der Waals surface area contributed by atoms with Crippen molar-refractivity contribution >= 4 is 17.5 Å². The Balaban J connectivity index is 1.68. The maximum Gasteiger partial charge on any atom is 0.272 e. The molecule has 1 unspecified atom stereocenters. The summed E-state index contributed by atoms with van der Waals surface area (Å²) in [5.74, 6) is 5.86. The van der Waals surface area contributed by atoms with Crippen LogP contribution in [0.1, 0.15) is 34.1 Å². The van der Waals surface area contributed by atoms with Crippen LogP contribution in [0, 0.1) is 5.92 Å². The Hall–Kier alpha value is -3.18. The highest BCUT2D eigenvalue weighted by Gasteiger charge is 2.17. The van der Waals surface area contributed by atoms with Crippen molar-refractivity contribution in [1.82, 2.24) is 5.01 Å². The van der Waals surface area contributed by atoms with E-state index in [0.717, 1.165) is 17.1 Å². The third-order valence-corrected chi connectivity index (χ3v) is 4.22. The zero-order valence-electron chi connectivity index (χ0n) is 14.6. The molecule has 0 fully saturated rings. The Morgan fingerprint density at radius 3 is 2.31 bits per heavy atom. The number of nitrogens with zero attached hydrogens (tertiary/aromatic N) is 1. The zero-order valence-corrected chi connectivity index (χ0v) is 14.6. The number of benzene rings is 2. The molecule has 0 heterocycles. The number of amides is 2. The van der Waals surface area contributed by atoms with Crippen LogP contribution in [0.3, 0.4) is 0 Å². The van der Waals surface area contributed by atoms with Crippen molar-refractivity contribution in [1.29, 1.82) is 0 Å². The first-order valence-corrected chi connectivity index (χ1v) is 8.48. The molecule has 5 nitrogen and oxygen atoms in total. The van der Waals surface area contributed by atoms with Crippen molar-refractivity contribution in [3.8, 4) is 0 Å². The van der Waals surface area contributed by atoms with E-state index in [2.05, 4.69) is 12.2 Å². The molecule has 0 saturated carbocycles. The molecule has 1 aliphatic carbocycles. The highest BCUT2D eigenvalue weighted by atomic mass is 16.2. The number of rotatable bonds is 4. The molecule has 3 rings (SSSR count). The van der Waals surface area contributed by atoms with E-state index < -0.39 is 0 Å². The van der Waals surface area contributed by atoms with Crippen LogP contribution in [0.2, 0.25) is 0 Å². The number of nitrogens with two attached hydrogens (primary N) is 1. The molecule has 2 amide bonds. The summed E-state index contributed by atoms with van der Waals surface area (Å²) in [6, 6.07) is 15.7. The van der Waals surface area contributed by atoms with Gasteiger partial charge < -0.3 is 5.32 Å². The summed E-state index contributed by atoms with van der Waals surface area (Å²) in [4.78, 5) is 24.8. The molecule has 5 heteroatoms. The summed E-state index contributed by atoms with van der Waals surface area (Å²) in [6.07, 6.45) is 6.68. The highest BCUT2D eigenvalue weighted by molar-refractivity contribution is 6.05. The van der Waals surface area contributed by atoms with Crippen molar-refractivity contribution < 1.29 is 9.59 Å². The predicted molar refractivity (Wildman–Crippen MR) is 102 cm³/mol. The summed E-state index contributed by atoms with van der Waals surface area (Å²) >= 11 is 0. The molecule has 0 saturated heterocycles. The monoisotopic (exact) mass is 347 g/mol. The first-order valence-electron chi connectivity index (χ1n) is 8.48. The molecular formula is C21H21N3O2. The lowest BCUT2D eigenvalue weighted by atomic mass is 10.0. The molecular weight excluding hydrogens is 326 g/mol. The summed E-state index contributed by atoms with van der Waals surface area (Å²) in [5, 5.41) is 3.95. The van der Waals surface area contributed by atoms with Crippen molar-refractivity contribution in [2.45, 2.75) is 13.3 Å². The van der Waals surface area contributed by atoms with Gasteiger partial charge in [-0.15, -0.1) is 0 Å².